The molecule has 2 aromatic rings. The van der Waals surface area contributed by atoms with Gasteiger partial charge in [0.2, 0.25) is 0 Å². The van der Waals surface area contributed by atoms with Crippen molar-refractivity contribution >= 4 is 11.8 Å². The molecule has 1 aromatic heterocycles. The Hall–Kier alpha value is -1.26. The van der Waals surface area contributed by atoms with Crippen molar-refractivity contribution in [3.05, 3.63) is 47.8 Å². The number of rotatable bonds is 3. The molecule has 1 unspecified atom stereocenters. The zero-order valence-corrected chi connectivity index (χ0v) is 9.63. The highest BCUT2D eigenvalue weighted by molar-refractivity contribution is 7.99. The number of benzene rings is 1. The smallest absolute Gasteiger partial charge is 0.0532 e. The molecule has 1 atom stereocenters. The number of aromatic amines is 1. The van der Waals surface area contributed by atoms with Crippen molar-refractivity contribution in [2.24, 2.45) is 0 Å². The van der Waals surface area contributed by atoms with Crippen LogP contribution in [0.25, 0.3) is 0 Å². The number of nitrogens with one attached hydrogen (secondary N) is 2. The van der Waals surface area contributed by atoms with Crippen LogP contribution < -0.4 is 5.32 Å². The van der Waals surface area contributed by atoms with Crippen LogP contribution in [-0.4, -0.2) is 16.0 Å². The fourth-order valence-corrected chi connectivity index (χ4v) is 3.14. The summed E-state index contributed by atoms with van der Waals surface area (Å²) in [4.78, 5) is 1.41. The van der Waals surface area contributed by atoms with E-state index in [-0.39, 0.29) is 0 Å². The Balaban J connectivity index is 1.69. The van der Waals surface area contributed by atoms with Gasteiger partial charge in [-0.15, -0.1) is 11.8 Å². The van der Waals surface area contributed by atoms with Crippen LogP contribution in [0.5, 0.6) is 0 Å². The summed E-state index contributed by atoms with van der Waals surface area (Å²) in [5, 5.41) is 10.3. The number of fused-ring (bicyclic) bond motifs is 1. The van der Waals surface area contributed by atoms with Gasteiger partial charge >= 0.3 is 0 Å². The topological polar surface area (TPSA) is 40.7 Å². The first-order valence-electron chi connectivity index (χ1n) is 5.36. The van der Waals surface area contributed by atoms with E-state index in [1.807, 2.05) is 24.2 Å². The van der Waals surface area contributed by atoms with E-state index in [1.54, 1.807) is 0 Å². The number of thioether (sulfide) groups is 1. The molecular formula is C12H13N3S. The van der Waals surface area contributed by atoms with E-state index in [0.29, 0.717) is 6.04 Å². The maximum atomic E-state index is 3.94. The molecule has 16 heavy (non-hydrogen) atoms. The molecule has 4 heteroatoms. The predicted octanol–water partition coefficient (Wildman–Crippen LogP) is 2.35. The lowest BCUT2D eigenvalue weighted by Crippen LogP contribution is -2.20. The largest absolute Gasteiger partial charge is 0.305 e. The Bertz CT molecular complexity index is 467. The minimum Gasteiger partial charge on any atom is -0.305 e. The van der Waals surface area contributed by atoms with Crippen LogP contribution in [0, 0.1) is 0 Å². The molecule has 0 amide bonds. The summed E-state index contributed by atoms with van der Waals surface area (Å²) in [5.41, 5.74) is 2.63. The molecule has 1 aromatic carbocycles. The number of hydrogen-bond donors (Lipinski definition) is 2. The van der Waals surface area contributed by atoms with Crippen LogP contribution in [0.2, 0.25) is 0 Å². The van der Waals surface area contributed by atoms with E-state index in [1.165, 1.54) is 16.0 Å². The Morgan fingerprint density at radius 2 is 2.38 bits per heavy atom. The molecule has 0 aliphatic carbocycles. The molecule has 3 rings (SSSR count). The first-order chi connectivity index (χ1) is 7.93. The van der Waals surface area contributed by atoms with Gasteiger partial charge < -0.3 is 5.32 Å². The number of nitrogens with zero attached hydrogens (tertiary/aromatic N) is 1. The molecule has 2 heterocycles. The van der Waals surface area contributed by atoms with Crippen molar-refractivity contribution < 1.29 is 0 Å². The summed E-state index contributed by atoms with van der Waals surface area (Å²) in [6, 6.07) is 9.08. The lowest BCUT2D eigenvalue weighted by Gasteiger charge is -2.11. The lowest BCUT2D eigenvalue weighted by atomic mass is 10.1. The minimum absolute atomic E-state index is 0.469. The quantitative estimate of drug-likeness (QED) is 0.852. The number of aromatic nitrogens is 2. The Morgan fingerprint density at radius 1 is 1.44 bits per heavy atom. The van der Waals surface area contributed by atoms with E-state index >= 15 is 0 Å². The second-order valence-electron chi connectivity index (χ2n) is 3.89. The predicted molar refractivity (Wildman–Crippen MR) is 65.3 cm³/mol. The van der Waals surface area contributed by atoms with Crippen LogP contribution in [0.4, 0.5) is 0 Å². The molecule has 3 nitrogen and oxygen atoms in total. The maximum Gasteiger partial charge on any atom is 0.0532 e. The van der Waals surface area contributed by atoms with Crippen LogP contribution >= 0.6 is 11.8 Å². The highest BCUT2D eigenvalue weighted by Gasteiger charge is 2.21. The fourth-order valence-electron chi connectivity index (χ4n) is 1.95. The maximum absolute atomic E-state index is 3.94. The molecule has 82 valence electrons. The normalized spacial score (nSPS) is 18.6. The Labute approximate surface area is 98.6 Å². The van der Waals surface area contributed by atoms with Crippen LogP contribution in [-0.2, 0) is 6.54 Å². The summed E-state index contributed by atoms with van der Waals surface area (Å²) < 4.78 is 0. The molecule has 0 saturated heterocycles. The molecule has 0 fully saturated rings. The van der Waals surface area contributed by atoms with Crippen LogP contribution in [0.15, 0.2) is 41.6 Å². The molecule has 0 bridgehead atoms. The summed E-state index contributed by atoms with van der Waals surface area (Å²) in [5.74, 6) is 1.12. The first-order valence-corrected chi connectivity index (χ1v) is 6.35. The Morgan fingerprint density at radius 3 is 3.25 bits per heavy atom. The summed E-state index contributed by atoms with van der Waals surface area (Å²) >= 11 is 1.93. The van der Waals surface area contributed by atoms with E-state index in [9.17, 15) is 0 Å². The van der Waals surface area contributed by atoms with Gasteiger partial charge in [0.1, 0.15) is 0 Å². The molecule has 2 N–H and O–H groups in total. The molecule has 0 saturated carbocycles. The summed E-state index contributed by atoms with van der Waals surface area (Å²) in [6.07, 6.45) is 3.79. The second kappa shape index (κ2) is 4.31. The monoisotopic (exact) mass is 231 g/mol. The van der Waals surface area contributed by atoms with Gasteiger partial charge in [-0.05, 0) is 11.6 Å². The minimum atomic E-state index is 0.469. The van der Waals surface area contributed by atoms with E-state index in [4.69, 9.17) is 0 Å². The van der Waals surface area contributed by atoms with Gasteiger partial charge in [-0.3, -0.25) is 5.10 Å². The van der Waals surface area contributed by atoms with Gasteiger partial charge in [0.05, 0.1) is 6.20 Å². The van der Waals surface area contributed by atoms with Crippen molar-refractivity contribution in [3.8, 4) is 0 Å². The molecule has 1 aliphatic heterocycles. The van der Waals surface area contributed by atoms with Crippen LogP contribution in [0.1, 0.15) is 17.2 Å². The molecular weight excluding hydrogens is 218 g/mol. The van der Waals surface area contributed by atoms with Crippen molar-refractivity contribution in [1.29, 1.82) is 0 Å². The lowest BCUT2D eigenvalue weighted by molar-refractivity contribution is 0.584. The standard InChI is InChI=1S/C12H13N3S/c1-2-4-12-10(3-1)11(8-16-12)13-5-9-6-14-15-7-9/h1-4,6-7,11,13H,5,8H2,(H,14,15). The zero-order valence-electron chi connectivity index (χ0n) is 8.81. The zero-order chi connectivity index (χ0) is 10.8. The van der Waals surface area contributed by atoms with Gasteiger partial charge in [-0.25, -0.2) is 0 Å². The second-order valence-corrected chi connectivity index (χ2v) is 4.95. The van der Waals surface area contributed by atoms with Crippen molar-refractivity contribution in [1.82, 2.24) is 15.5 Å². The highest BCUT2D eigenvalue weighted by Crippen LogP contribution is 2.37. The SMILES string of the molecule is c1ccc2c(c1)SCC2NCc1cn[nH]c1. The molecule has 1 aliphatic rings. The fraction of sp³-hybridized carbons (Fsp3) is 0.250. The highest BCUT2D eigenvalue weighted by atomic mass is 32.2. The van der Waals surface area contributed by atoms with Gasteiger partial charge in [0.25, 0.3) is 0 Å². The number of hydrogen-bond acceptors (Lipinski definition) is 3. The van der Waals surface area contributed by atoms with Crippen molar-refractivity contribution in [2.45, 2.75) is 17.5 Å². The van der Waals surface area contributed by atoms with Crippen molar-refractivity contribution in [3.63, 3.8) is 0 Å². The van der Waals surface area contributed by atoms with Gasteiger partial charge in [-0.1, -0.05) is 18.2 Å². The third-order valence-corrected chi connectivity index (χ3v) is 3.99. The third kappa shape index (κ3) is 1.86. The van der Waals surface area contributed by atoms with Crippen LogP contribution in [0.3, 0.4) is 0 Å². The van der Waals surface area contributed by atoms with Crippen molar-refractivity contribution in [2.75, 3.05) is 5.75 Å². The van der Waals surface area contributed by atoms with E-state index in [0.717, 1.165) is 12.3 Å². The summed E-state index contributed by atoms with van der Waals surface area (Å²) in [7, 11) is 0. The average molecular weight is 231 g/mol. The number of H-pyrrole nitrogens is 1. The van der Waals surface area contributed by atoms with Gasteiger partial charge in [0, 0.05) is 35.0 Å². The van der Waals surface area contributed by atoms with Gasteiger partial charge in [0.15, 0.2) is 0 Å². The van der Waals surface area contributed by atoms with E-state index in [2.05, 4.69) is 39.8 Å². The summed E-state index contributed by atoms with van der Waals surface area (Å²) in [6.45, 7) is 0.871. The molecule has 0 radical (unpaired) electrons. The average Bonchev–Trinajstić information content (AvgIpc) is 2.96. The molecule has 0 spiro atoms. The van der Waals surface area contributed by atoms with E-state index < -0.39 is 0 Å². The Kier molecular flexibility index (Phi) is 2.68. The third-order valence-electron chi connectivity index (χ3n) is 2.81. The first kappa shape index (κ1) is 9.93. The van der Waals surface area contributed by atoms with Gasteiger partial charge in [-0.2, -0.15) is 5.10 Å².